The molecule has 0 bridgehead atoms. The second kappa shape index (κ2) is 10.1. The Morgan fingerprint density at radius 3 is 2.39 bits per heavy atom. The molecular weight excluding hydrogens is 454 g/mol. The molecule has 0 atom stereocenters. The molecule has 2 saturated heterocycles. The predicted octanol–water partition coefficient (Wildman–Crippen LogP) is 3.53. The van der Waals surface area contributed by atoms with E-state index in [0.29, 0.717) is 17.6 Å². The molecule has 0 unspecified atom stereocenters. The molecule has 1 saturated carbocycles. The summed E-state index contributed by atoms with van der Waals surface area (Å²) >= 11 is 0. The molecule has 2 aliphatic heterocycles. The smallest absolute Gasteiger partial charge is 0.275 e. The van der Waals surface area contributed by atoms with Gasteiger partial charge in [0.2, 0.25) is 5.95 Å². The Hall–Kier alpha value is -3.17. The highest BCUT2D eigenvalue weighted by molar-refractivity contribution is 5.79. The molecule has 6 rings (SSSR count). The van der Waals surface area contributed by atoms with Crippen LogP contribution in [0.2, 0.25) is 0 Å². The molecule has 36 heavy (non-hydrogen) atoms. The van der Waals surface area contributed by atoms with Gasteiger partial charge in [-0.3, -0.25) is 14.3 Å². The second-order valence-corrected chi connectivity index (χ2v) is 10.2. The fourth-order valence-electron chi connectivity index (χ4n) is 6.02. The summed E-state index contributed by atoms with van der Waals surface area (Å²) in [6.45, 7) is 6.00. The number of hydrogen-bond donors (Lipinski definition) is 2. The van der Waals surface area contributed by atoms with Crippen molar-refractivity contribution in [3.8, 4) is 0 Å². The number of nitrogens with zero attached hydrogens (tertiary/aromatic N) is 5. The van der Waals surface area contributed by atoms with Crippen LogP contribution in [0.15, 0.2) is 41.3 Å². The minimum absolute atomic E-state index is 0.151. The number of anilines is 4. The summed E-state index contributed by atoms with van der Waals surface area (Å²) in [6.07, 6.45) is 8.35. The van der Waals surface area contributed by atoms with Crippen LogP contribution in [0.4, 0.5) is 23.0 Å². The average Bonchev–Trinajstić information content (AvgIpc) is 3.45. The maximum absolute atomic E-state index is 12.9. The monoisotopic (exact) mass is 489 g/mol. The van der Waals surface area contributed by atoms with Crippen molar-refractivity contribution in [1.29, 1.82) is 0 Å². The quantitative estimate of drug-likeness (QED) is 0.561. The molecule has 9 nitrogen and oxygen atoms in total. The number of nitrogens with one attached hydrogen (secondary N) is 1. The SMILES string of the molecule is Nc1cc2cnc(Nc3ccc(N4CCC(N5CCOCC5)CC4)cc3)nc2n(C2CCCC2)c1=O. The Morgan fingerprint density at radius 1 is 0.944 bits per heavy atom. The number of benzene rings is 1. The lowest BCUT2D eigenvalue weighted by molar-refractivity contribution is 0.0115. The summed E-state index contributed by atoms with van der Waals surface area (Å²) in [5.41, 5.74) is 8.94. The number of nitrogen functional groups attached to an aromatic ring is 1. The van der Waals surface area contributed by atoms with Gasteiger partial charge in [-0.1, -0.05) is 12.8 Å². The highest BCUT2D eigenvalue weighted by Crippen LogP contribution is 2.31. The largest absolute Gasteiger partial charge is 0.394 e. The van der Waals surface area contributed by atoms with Gasteiger partial charge in [0.05, 0.1) is 18.9 Å². The lowest BCUT2D eigenvalue weighted by Crippen LogP contribution is -2.49. The Balaban J connectivity index is 1.15. The van der Waals surface area contributed by atoms with Crippen LogP contribution < -0.4 is 21.5 Å². The zero-order valence-electron chi connectivity index (χ0n) is 20.7. The van der Waals surface area contributed by atoms with E-state index in [1.807, 2.05) is 0 Å². The number of piperidine rings is 1. The normalized spacial score (nSPS) is 20.3. The molecule has 190 valence electrons. The third kappa shape index (κ3) is 4.65. The second-order valence-electron chi connectivity index (χ2n) is 10.2. The van der Waals surface area contributed by atoms with E-state index in [2.05, 4.69) is 44.4 Å². The van der Waals surface area contributed by atoms with Gasteiger partial charge in [0.25, 0.3) is 5.56 Å². The summed E-state index contributed by atoms with van der Waals surface area (Å²) in [5, 5.41) is 4.11. The van der Waals surface area contributed by atoms with Gasteiger partial charge >= 0.3 is 0 Å². The van der Waals surface area contributed by atoms with Gasteiger partial charge in [-0.25, -0.2) is 4.98 Å². The van der Waals surface area contributed by atoms with E-state index in [1.54, 1.807) is 16.8 Å². The lowest BCUT2D eigenvalue weighted by atomic mass is 10.0. The first kappa shape index (κ1) is 23.2. The Morgan fingerprint density at radius 2 is 1.67 bits per heavy atom. The summed E-state index contributed by atoms with van der Waals surface area (Å²) in [4.78, 5) is 27.2. The Kier molecular flexibility index (Phi) is 6.50. The molecule has 1 aliphatic carbocycles. The molecule has 0 radical (unpaired) electrons. The first-order valence-corrected chi connectivity index (χ1v) is 13.3. The molecule has 9 heteroatoms. The number of aromatic nitrogens is 3. The van der Waals surface area contributed by atoms with Crippen molar-refractivity contribution in [2.75, 3.05) is 55.3 Å². The number of hydrogen-bond acceptors (Lipinski definition) is 8. The van der Waals surface area contributed by atoms with Crippen LogP contribution in [-0.4, -0.2) is 64.9 Å². The minimum atomic E-state index is -0.152. The third-order valence-corrected chi connectivity index (χ3v) is 8.01. The Labute approximate surface area is 211 Å². The standard InChI is InChI=1S/C27H35N7O2/c28-24-17-19-18-29-27(31-25(19)34(26(24)35)23-3-1-2-4-23)30-20-5-7-21(8-6-20)32-11-9-22(10-12-32)33-13-15-36-16-14-33/h5-8,17-18,22-23H,1-4,9-16,28H2,(H,29,30,31). The molecule has 3 aromatic rings. The van der Waals surface area contributed by atoms with Gasteiger partial charge in [0.1, 0.15) is 5.65 Å². The van der Waals surface area contributed by atoms with E-state index in [0.717, 1.165) is 76.1 Å². The van der Waals surface area contributed by atoms with Crippen molar-refractivity contribution in [3.05, 3.63) is 46.9 Å². The molecule has 0 amide bonds. The van der Waals surface area contributed by atoms with Gasteiger partial charge in [-0.2, -0.15) is 4.98 Å². The van der Waals surface area contributed by atoms with Crippen molar-refractivity contribution < 1.29 is 4.74 Å². The van der Waals surface area contributed by atoms with Crippen LogP contribution in [-0.2, 0) is 4.74 Å². The number of morpholine rings is 1. The first-order chi connectivity index (χ1) is 17.7. The average molecular weight is 490 g/mol. The summed E-state index contributed by atoms with van der Waals surface area (Å²) in [6, 6.07) is 11.0. The molecule has 3 N–H and O–H groups in total. The van der Waals surface area contributed by atoms with E-state index in [9.17, 15) is 4.79 Å². The molecule has 3 fully saturated rings. The number of rotatable bonds is 5. The van der Waals surface area contributed by atoms with Gasteiger partial charge in [0, 0.05) is 61.2 Å². The number of pyridine rings is 1. The maximum Gasteiger partial charge on any atom is 0.275 e. The molecule has 4 heterocycles. The summed E-state index contributed by atoms with van der Waals surface area (Å²) < 4.78 is 7.29. The summed E-state index contributed by atoms with van der Waals surface area (Å²) in [7, 11) is 0. The van der Waals surface area contributed by atoms with Gasteiger partial charge < -0.3 is 20.7 Å². The van der Waals surface area contributed by atoms with Crippen LogP contribution in [0, 0.1) is 0 Å². The van der Waals surface area contributed by atoms with E-state index >= 15 is 0 Å². The summed E-state index contributed by atoms with van der Waals surface area (Å²) in [5.74, 6) is 0.484. The van der Waals surface area contributed by atoms with E-state index < -0.39 is 0 Å². The van der Waals surface area contributed by atoms with Crippen LogP contribution in [0.25, 0.3) is 11.0 Å². The Bertz CT molecular complexity index is 1260. The molecule has 3 aliphatic rings. The van der Waals surface area contributed by atoms with Gasteiger partial charge in [0.15, 0.2) is 0 Å². The topological polar surface area (TPSA) is 102 Å². The predicted molar refractivity (Wildman–Crippen MR) is 143 cm³/mol. The number of ether oxygens (including phenoxy) is 1. The highest BCUT2D eigenvalue weighted by atomic mass is 16.5. The van der Waals surface area contributed by atoms with Gasteiger partial charge in [-0.15, -0.1) is 0 Å². The lowest BCUT2D eigenvalue weighted by Gasteiger charge is -2.40. The minimum Gasteiger partial charge on any atom is -0.394 e. The van der Waals surface area contributed by atoms with E-state index in [-0.39, 0.29) is 17.3 Å². The van der Waals surface area contributed by atoms with E-state index in [1.165, 1.54) is 18.5 Å². The fourth-order valence-corrected chi connectivity index (χ4v) is 6.02. The van der Waals surface area contributed by atoms with Crippen molar-refractivity contribution in [1.82, 2.24) is 19.4 Å². The van der Waals surface area contributed by atoms with Crippen LogP contribution in [0.1, 0.15) is 44.6 Å². The van der Waals surface area contributed by atoms with Crippen molar-refractivity contribution in [2.24, 2.45) is 0 Å². The van der Waals surface area contributed by atoms with Crippen molar-refractivity contribution in [3.63, 3.8) is 0 Å². The van der Waals surface area contributed by atoms with Crippen LogP contribution in [0.5, 0.6) is 0 Å². The maximum atomic E-state index is 12.9. The van der Waals surface area contributed by atoms with E-state index in [4.69, 9.17) is 15.5 Å². The zero-order valence-corrected chi connectivity index (χ0v) is 20.7. The zero-order chi connectivity index (χ0) is 24.5. The number of nitrogens with two attached hydrogens (primary N) is 1. The third-order valence-electron chi connectivity index (χ3n) is 8.01. The van der Waals surface area contributed by atoms with Crippen LogP contribution >= 0.6 is 0 Å². The molecule has 1 aromatic carbocycles. The first-order valence-electron chi connectivity index (χ1n) is 13.3. The fraction of sp³-hybridized carbons (Fsp3) is 0.519. The van der Waals surface area contributed by atoms with Crippen molar-refractivity contribution in [2.45, 2.75) is 50.6 Å². The number of fused-ring (bicyclic) bond motifs is 1. The molecule has 0 spiro atoms. The molecule has 2 aromatic heterocycles. The van der Waals surface area contributed by atoms with Crippen molar-refractivity contribution >= 4 is 34.0 Å². The molecular formula is C27H35N7O2. The van der Waals surface area contributed by atoms with Crippen LogP contribution in [0.3, 0.4) is 0 Å². The van der Waals surface area contributed by atoms with Gasteiger partial charge in [-0.05, 0) is 56.0 Å². The highest BCUT2D eigenvalue weighted by Gasteiger charge is 2.26.